The third-order valence-electron chi connectivity index (χ3n) is 5.08. The zero-order valence-electron chi connectivity index (χ0n) is 15.9. The van der Waals surface area contributed by atoms with Gasteiger partial charge in [-0.05, 0) is 39.9 Å². The average Bonchev–Trinajstić information content (AvgIpc) is 3.10. The number of ether oxygens (including phenoxy) is 2. The smallest absolute Gasteiger partial charge is 0.408 e. The standard InChI is InChI=1S/C23H20N2O4/c1-28-22(26)21(15-10-12-24-13-11-15)25-23(27)29-14-20-18-8-4-2-6-16(18)17-7-3-5-9-19(17)20/h2-13,20-21H,14H2,1H3,(H,25,27). The normalized spacial score (nSPS) is 13.1. The third kappa shape index (κ3) is 3.69. The van der Waals surface area contributed by atoms with Crippen LogP contribution in [0.5, 0.6) is 0 Å². The van der Waals surface area contributed by atoms with E-state index in [1.54, 1.807) is 24.5 Å². The first-order valence-electron chi connectivity index (χ1n) is 9.28. The molecule has 3 aromatic rings. The SMILES string of the molecule is COC(=O)C(NC(=O)OCC1c2ccccc2-c2ccccc21)c1ccncc1. The number of aromatic nitrogens is 1. The van der Waals surface area contributed by atoms with Gasteiger partial charge in [0.1, 0.15) is 6.61 Å². The molecular formula is C23H20N2O4. The Kier molecular flexibility index (Phi) is 5.24. The van der Waals surface area contributed by atoms with Crippen LogP contribution in [-0.2, 0) is 14.3 Å². The molecular weight excluding hydrogens is 368 g/mol. The Morgan fingerprint density at radius 1 is 0.966 bits per heavy atom. The predicted octanol–water partition coefficient (Wildman–Crippen LogP) is 3.83. The number of hydrogen-bond acceptors (Lipinski definition) is 5. The summed E-state index contributed by atoms with van der Waals surface area (Å²) in [6.07, 6.45) is 2.41. The molecule has 29 heavy (non-hydrogen) atoms. The monoisotopic (exact) mass is 388 g/mol. The molecule has 0 bridgehead atoms. The fourth-order valence-corrected chi connectivity index (χ4v) is 3.71. The Morgan fingerprint density at radius 3 is 2.14 bits per heavy atom. The van der Waals surface area contributed by atoms with Crippen molar-refractivity contribution in [2.24, 2.45) is 0 Å². The van der Waals surface area contributed by atoms with Gasteiger partial charge in [0.2, 0.25) is 0 Å². The van der Waals surface area contributed by atoms with Crippen LogP contribution in [0.25, 0.3) is 11.1 Å². The van der Waals surface area contributed by atoms with Crippen LogP contribution in [-0.4, -0.2) is 30.8 Å². The van der Waals surface area contributed by atoms with Gasteiger partial charge in [0.25, 0.3) is 0 Å². The molecule has 2 aromatic carbocycles. The van der Waals surface area contributed by atoms with Crippen LogP contribution in [0, 0.1) is 0 Å². The molecule has 0 saturated carbocycles. The summed E-state index contributed by atoms with van der Waals surface area (Å²) in [7, 11) is 1.27. The van der Waals surface area contributed by atoms with Gasteiger partial charge in [-0.25, -0.2) is 9.59 Å². The summed E-state index contributed by atoms with van der Waals surface area (Å²) in [5, 5.41) is 2.59. The van der Waals surface area contributed by atoms with Crippen molar-refractivity contribution in [3.63, 3.8) is 0 Å². The number of pyridine rings is 1. The van der Waals surface area contributed by atoms with Crippen molar-refractivity contribution in [2.45, 2.75) is 12.0 Å². The summed E-state index contributed by atoms with van der Waals surface area (Å²) >= 11 is 0. The Balaban J connectivity index is 1.49. The second kappa shape index (κ2) is 8.14. The number of esters is 1. The number of nitrogens with zero attached hydrogens (tertiary/aromatic N) is 1. The number of hydrogen-bond donors (Lipinski definition) is 1. The predicted molar refractivity (Wildman–Crippen MR) is 107 cm³/mol. The van der Waals surface area contributed by atoms with E-state index in [4.69, 9.17) is 9.47 Å². The molecule has 6 heteroatoms. The molecule has 0 radical (unpaired) electrons. The summed E-state index contributed by atoms with van der Waals surface area (Å²) < 4.78 is 10.3. The van der Waals surface area contributed by atoms with Crippen molar-refractivity contribution in [1.82, 2.24) is 10.3 Å². The molecule has 0 fully saturated rings. The number of benzene rings is 2. The van der Waals surface area contributed by atoms with E-state index >= 15 is 0 Å². The minimum atomic E-state index is -0.960. The molecule has 0 saturated heterocycles. The van der Waals surface area contributed by atoms with E-state index in [-0.39, 0.29) is 12.5 Å². The van der Waals surface area contributed by atoms with Gasteiger partial charge >= 0.3 is 12.1 Å². The highest BCUT2D eigenvalue weighted by atomic mass is 16.6. The second-order valence-electron chi connectivity index (χ2n) is 6.71. The van der Waals surface area contributed by atoms with Crippen molar-refractivity contribution in [3.05, 3.63) is 89.7 Å². The lowest BCUT2D eigenvalue weighted by Crippen LogP contribution is -2.35. The fraction of sp³-hybridized carbons (Fsp3) is 0.174. The molecule has 0 aliphatic heterocycles. The Bertz CT molecular complexity index is 990. The number of alkyl carbamates (subject to hydrolysis) is 1. The summed E-state index contributed by atoms with van der Waals surface area (Å²) in [5.41, 5.74) is 5.13. The quantitative estimate of drug-likeness (QED) is 0.672. The summed E-state index contributed by atoms with van der Waals surface area (Å²) in [4.78, 5) is 28.5. The van der Waals surface area contributed by atoms with Gasteiger partial charge in [-0.2, -0.15) is 0 Å². The number of carbonyl (C=O) groups is 2. The topological polar surface area (TPSA) is 77.5 Å². The first-order chi connectivity index (χ1) is 14.2. The first-order valence-corrected chi connectivity index (χ1v) is 9.28. The van der Waals surface area contributed by atoms with Gasteiger partial charge in [-0.3, -0.25) is 4.98 Å². The van der Waals surface area contributed by atoms with Crippen LogP contribution in [0.3, 0.4) is 0 Å². The molecule has 1 atom stereocenters. The number of nitrogens with one attached hydrogen (secondary N) is 1. The number of amides is 1. The maximum absolute atomic E-state index is 12.5. The lowest BCUT2D eigenvalue weighted by molar-refractivity contribution is -0.143. The van der Waals surface area contributed by atoms with Crippen LogP contribution >= 0.6 is 0 Å². The van der Waals surface area contributed by atoms with E-state index in [1.807, 2.05) is 24.3 Å². The Labute approximate surface area is 168 Å². The summed E-state index contributed by atoms with van der Waals surface area (Å²) in [6.45, 7) is 0.171. The van der Waals surface area contributed by atoms with E-state index in [0.29, 0.717) is 5.56 Å². The van der Waals surface area contributed by atoms with Gasteiger partial charge in [0.15, 0.2) is 6.04 Å². The molecule has 6 nitrogen and oxygen atoms in total. The van der Waals surface area contributed by atoms with E-state index < -0.39 is 18.1 Å². The van der Waals surface area contributed by atoms with Crippen LogP contribution in [0.15, 0.2) is 73.1 Å². The molecule has 4 rings (SSSR count). The van der Waals surface area contributed by atoms with E-state index in [9.17, 15) is 9.59 Å². The summed E-state index contributed by atoms with van der Waals surface area (Å²) in [5.74, 6) is -0.629. The van der Waals surface area contributed by atoms with Gasteiger partial charge in [0.05, 0.1) is 7.11 Å². The highest BCUT2D eigenvalue weighted by molar-refractivity contribution is 5.83. The lowest BCUT2D eigenvalue weighted by Gasteiger charge is -2.18. The fourth-order valence-electron chi connectivity index (χ4n) is 3.71. The molecule has 1 aliphatic carbocycles. The van der Waals surface area contributed by atoms with Gasteiger partial charge in [-0.15, -0.1) is 0 Å². The Hall–Kier alpha value is -3.67. The minimum absolute atomic E-state index is 0.0503. The van der Waals surface area contributed by atoms with Crippen LogP contribution in [0.4, 0.5) is 4.79 Å². The van der Waals surface area contributed by atoms with Gasteiger partial charge < -0.3 is 14.8 Å². The highest BCUT2D eigenvalue weighted by Crippen LogP contribution is 2.44. The van der Waals surface area contributed by atoms with Gasteiger partial charge in [0, 0.05) is 18.3 Å². The number of methoxy groups -OCH3 is 1. The first kappa shape index (κ1) is 18.7. The van der Waals surface area contributed by atoms with Crippen LogP contribution in [0.1, 0.15) is 28.7 Å². The maximum Gasteiger partial charge on any atom is 0.408 e. The molecule has 1 N–H and O–H groups in total. The number of fused-ring (bicyclic) bond motifs is 3. The minimum Gasteiger partial charge on any atom is -0.467 e. The van der Waals surface area contributed by atoms with Crippen molar-refractivity contribution < 1.29 is 19.1 Å². The molecule has 1 aromatic heterocycles. The van der Waals surface area contributed by atoms with E-state index in [1.165, 1.54) is 7.11 Å². The Morgan fingerprint density at radius 2 is 1.55 bits per heavy atom. The summed E-state index contributed by atoms with van der Waals surface area (Å²) in [6, 6.07) is 18.5. The lowest BCUT2D eigenvalue weighted by atomic mass is 9.98. The molecule has 1 unspecified atom stereocenters. The largest absolute Gasteiger partial charge is 0.467 e. The third-order valence-corrected chi connectivity index (χ3v) is 5.08. The maximum atomic E-state index is 12.5. The highest BCUT2D eigenvalue weighted by Gasteiger charge is 2.30. The van der Waals surface area contributed by atoms with Crippen molar-refractivity contribution >= 4 is 12.1 Å². The number of carbonyl (C=O) groups excluding carboxylic acids is 2. The number of rotatable bonds is 5. The molecule has 1 amide bonds. The van der Waals surface area contributed by atoms with Gasteiger partial charge in [-0.1, -0.05) is 48.5 Å². The second-order valence-corrected chi connectivity index (χ2v) is 6.71. The van der Waals surface area contributed by atoms with E-state index in [2.05, 4.69) is 34.6 Å². The average molecular weight is 388 g/mol. The van der Waals surface area contributed by atoms with Crippen molar-refractivity contribution in [3.8, 4) is 11.1 Å². The molecule has 146 valence electrons. The zero-order chi connectivity index (χ0) is 20.2. The van der Waals surface area contributed by atoms with Crippen LogP contribution < -0.4 is 5.32 Å². The van der Waals surface area contributed by atoms with Crippen molar-refractivity contribution in [1.29, 1.82) is 0 Å². The van der Waals surface area contributed by atoms with Crippen LogP contribution in [0.2, 0.25) is 0 Å². The molecule has 0 spiro atoms. The van der Waals surface area contributed by atoms with Crippen molar-refractivity contribution in [2.75, 3.05) is 13.7 Å². The van der Waals surface area contributed by atoms with E-state index in [0.717, 1.165) is 22.3 Å². The molecule has 1 aliphatic rings. The zero-order valence-corrected chi connectivity index (χ0v) is 15.9. The molecule has 1 heterocycles.